The van der Waals surface area contributed by atoms with E-state index in [1.807, 2.05) is 0 Å². The zero-order chi connectivity index (χ0) is 10.6. The molecule has 0 aliphatic heterocycles. The lowest BCUT2D eigenvalue weighted by Crippen LogP contribution is -2.33. The van der Waals surface area contributed by atoms with Crippen LogP contribution in [0.25, 0.3) is 0 Å². The van der Waals surface area contributed by atoms with Crippen molar-refractivity contribution in [2.45, 2.75) is 12.7 Å². The summed E-state index contributed by atoms with van der Waals surface area (Å²) in [7, 11) is 0. The summed E-state index contributed by atoms with van der Waals surface area (Å²) in [5.41, 5.74) is 0.416. The Morgan fingerprint density at radius 2 is 1.86 bits per heavy atom. The van der Waals surface area contributed by atoms with E-state index in [1.54, 1.807) is 6.92 Å². The highest BCUT2D eigenvalue weighted by atomic mass is 16.6. The topological polar surface area (TPSA) is 69.9 Å². The van der Waals surface area contributed by atoms with Crippen LogP contribution in [0.15, 0.2) is 24.3 Å². The van der Waals surface area contributed by atoms with Gasteiger partial charge in [-0.2, -0.15) is 0 Å². The first kappa shape index (κ1) is 11.0. The number of aliphatic hydroxyl groups is 2. The third-order valence-electron chi connectivity index (χ3n) is 1.92. The van der Waals surface area contributed by atoms with Gasteiger partial charge in [0, 0.05) is 12.2 Å². The predicted molar refractivity (Wildman–Crippen MR) is 50.7 cm³/mol. The minimum atomic E-state index is -1.68. The van der Waals surface area contributed by atoms with Crippen LogP contribution in [-0.4, -0.2) is 28.5 Å². The molecule has 0 amide bonds. The first-order valence-corrected chi connectivity index (χ1v) is 4.39. The van der Waals surface area contributed by atoms with Crippen LogP contribution < -0.4 is 0 Å². The summed E-state index contributed by atoms with van der Waals surface area (Å²) < 4.78 is 5.03. The highest BCUT2D eigenvalue weighted by Gasteiger charge is 2.28. The van der Waals surface area contributed by atoms with E-state index in [1.165, 1.54) is 24.3 Å². The third kappa shape index (κ3) is 2.23. The molecule has 0 fully saturated rings. The maximum atomic E-state index is 9.83. The van der Waals surface area contributed by atoms with Crippen LogP contribution >= 0.6 is 0 Å². The summed E-state index contributed by atoms with van der Waals surface area (Å²) in [5, 5.41) is 27.9. The van der Waals surface area contributed by atoms with Crippen molar-refractivity contribution < 1.29 is 20.1 Å². The minimum absolute atomic E-state index is 0.102. The van der Waals surface area contributed by atoms with Gasteiger partial charge in [-0.25, -0.2) is 0 Å². The van der Waals surface area contributed by atoms with Crippen molar-refractivity contribution in [2.75, 3.05) is 13.2 Å². The standard InChI is InChI=1S/C10H14O4/c1-2-14-10(13,7-11)8-3-5-9(12)6-4-8/h3-6,11-13H,2,7H2,1H3/t10-/m0/s1. The Labute approximate surface area is 82.4 Å². The molecule has 1 rings (SSSR count). The SMILES string of the molecule is CCO[C@@](O)(CO)c1ccc(O)cc1. The van der Waals surface area contributed by atoms with E-state index >= 15 is 0 Å². The molecule has 1 atom stereocenters. The first-order chi connectivity index (χ1) is 6.62. The summed E-state index contributed by atoms with van der Waals surface area (Å²) >= 11 is 0. The molecule has 78 valence electrons. The molecule has 0 saturated heterocycles. The van der Waals surface area contributed by atoms with Crippen LogP contribution in [0.1, 0.15) is 12.5 Å². The molecule has 14 heavy (non-hydrogen) atoms. The average Bonchev–Trinajstić information content (AvgIpc) is 2.19. The smallest absolute Gasteiger partial charge is 0.216 e. The van der Waals surface area contributed by atoms with Crippen LogP contribution in [0.2, 0.25) is 0 Å². The highest BCUT2D eigenvalue weighted by molar-refractivity contribution is 5.28. The number of ether oxygens (including phenoxy) is 1. The molecular formula is C10H14O4. The zero-order valence-electron chi connectivity index (χ0n) is 7.97. The van der Waals surface area contributed by atoms with Crippen LogP contribution in [0.5, 0.6) is 5.75 Å². The fourth-order valence-electron chi connectivity index (χ4n) is 1.18. The van der Waals surface area contributed by atoms with E-state index < -0.39 is 12.4 Å². The van der Waals surface area contributed by atoms with Gasteiger partial charge in [0.1, 0.15) is 12.4 Å². The van der Waals surface area contributed by atoms with Crippen molar-refractivity contribution in [2.24, 2.45) is 0 Å². The fraction of sp³-hybridized carbons (Fsp3) is 0.400. The molecule has 1 aromatic carbocycles. The molecule has 4 heteroatoms. The number of aromatic hydroxyl groups is 1. The van der Waals surface area contributed by atoms with E-state index in [0.29, 0.717) is 5.56 Å². The van der Waals surface area contributed by atoms with E-state index in [2.05, 4.69) is 0 Å². The van der Waals surface area contributed by atoms with Gasteiger partial charge in [0.05, 0.1) is 0 Å². The molecule has 0 radical (unpaired) electrons. The number of phenols is 1. The second-order valence-corrected chi connectivity index (χ2v) is 2.92. The van der Waals surface area contributed by atoms with E-state index in [-0.39, 0.29) is 12.4 Å². The maximum absolute atomic E-state index is 9.83. The lowest BCUT2D eigenvalue weighted by Gasteiger charge is -2.25. The van der Waals surface area contributed by atoms with Gasteiger partial charge in [0.2, 0.25) is 5.79 Å². The average molecular weight is 198 g/mol. The molecule has 0 spiro atoms. The van der Waals surface area contributed by atoms with Crippen molar-refractivity contribution >= 4 is 0 Å². The maximum Gasteiger partial charge on any atom is 0.216 e. The molecule has 0 bridgehead atoms. The minimum Gasteiger partial charge on any atom is -0.508 e. The van der Waals surface area contributed by atoms with E-state index in [4.69, 9.17) is 14.9 Å². The Bertz CT molecular complexity index is 283. The second-order valence-electron chi connectivity index (χ2n) is 2.92. The van der Waals surface area contributed by atoms with Gasteiger partial charge in [-0.05, 0) is 31.2 Å². The Hall–Kier alpha value is -1.10. The summed E-state index contributed by atoms with van der Waals surface area (Å²) in [6.45, 7) is 1.49. The summed E-state index contributed by atoms with van der Waals surface area (Å²) in [6.07, 6.45) is 0. The molecular weight excluding hydrogens is 184 g/mol. The molecule has 0 aliphatic carbocycles. The van der Waals surface area contributed by atoms with Crippen molar-refractivity contribution in [1.82, 2.24) is 0 Å². The lowest BCUT2D eigenvalue weighted by atomic mass is 10.1. The van der Waals surface area contributed by atoms with Crippen molar-refractivity contribution in [3.8, 4) is 5.75 Å². The summed E-state index contributed by atoms with van der Waals surface area (Å²) in [5.74, 6) is -1.58. The molecule has 3 N–H and O–H groups in total. The normalized spacial score (nSPS) is 15.1. The van der Waals surface area contributed by atoms with Crippen LogP contribution in [0.4, 0.5) is 0 Å². The van der Waals surface area contributed by atoms with Crippen molar-refractivity contribution in [3.63, 3.8) is 0 Å². The predicted octanol–water partition coefficient (Wildman–Crippen LogP) is 0.566. The zero-order valence-corrected chi connectivity index (χ0v) is 7.97. The molecule has 4 nitrogen and oxygen atoms in total. The summed E-state index contributed by atoms with van der Waals surface area (Å²) in [4.78, 5) is 0. The van der Waals surface area contributed by atoms with Gasteiger partial charge in [-0.15, -0.1) is 0 Å². The Morgan fingerprint density at radius 3 is 2.29 bits per heavy atom. The molecule has 0 unspecified atom stereocenters. The third-order valence-corrected chi connectivity index (χ3v) is 1.92. The number of hydrogen-bond donors (Lipinski definition) is 3. The molecule has 1 aromatic rings. The van der Waals surface area contributed by atoms with Gasteiger partial charge in [-0.3, -0.25) is 0 Å². The van der Waals surface area contributed by atoms with Crippen LogP contribution in [-0.2, 0) is 10.5 Å². The van der Waals surface area contributed by atoms with Gasteiger partial charge < -0.3 is 20.1 Å². The van der Waals surface area contributed by atoms with Gasteiger partial charge >= 0.3 is 0 Å². The van der Waals surface area contributed by atoms with Crippen LogP contribution in [0, 0.1) is 0 Å². The fourth-order valence-corrected chi connectivity index (χ4v) is 1.18. The van der Waals surface area contributed by atoms with Gasteiger partial charge in [0.25, 0.3) is 0 Å². The van der Waals surface area contributed by atoms with Crippen molar-refractivity contribution in [1.29, 1.82) is 0 Å². The monoisotopic (exact) mass is 198 g/mol. The molecule has 0 heterocycles. The molecule has 0 aromatic heterocycles. The lowest BCUT2D eigenvalue weighted by molar-refractivity contribution is -0.230. The highest BCUT2D eigenvalue weighted by Crippen LogP contribution is 2.23. The second kappa shape index (κ2) is 4.41. The van der Waals surface area contributed by atoms with Crippen molar-refractivity contribution in [3.05, 3.63) is 29.8 Å². The number of hydrogen-bond acceptors (Lipinski definition) is 4. The Kier molecular flexibility index (Phi) is 3.46. The quantitative estimate of drug-likeness (QED) is 0.618. The molecule has 0 aliphatic rings. The Balaban J connectivity index is 2.94. The van der Waals surface area contributed by atoms with Gasteiger partial charge in [0.15, 0.2) is 0 Å². The van der Waals surface area contributed by atoms with Crippen LogP contribution in [0.3, 0.4) is 0 Å². The number of benzene rings is 1. The van der Waals surface area contributed by atoms with E-state index in [0.717, 1.165) is 0 Å². The van der Waals surface area contributed by atoms with Gasteiger partial charge in [-0.1, -0.05) is 0 Å². The molecule has 0 saturated carbocycles. The number of phenolic OH excluding ortho intramolecular Hbond substituents is 1. The first-order valence-electron chi connectivity index (χ1n) is 4.39. The Morgan fingerprint density at radius 1 is 1.29 bits per heavy atom. The largest absolute Gasteiger partial charge is 0.508 e. The number of aliphatic hydroxyl groups excluding tert-OH is 1. The number of rotatable bonds is 4. The summed E-state index contributed by atoms with van der Waals surface area (Å²) in [6, 6.07) is 5.85. The van der Waals surface area contributed by atoms with E-state index in [9.17, 15) is 5.11 Å².